The van der Waals surface area contributed by atoms with Gasteiger partial charge in [0.15, 0.2) is 0 Å². The molecule has 1 rings (SSSR count). The Morgan fingerprint density at radius 3 is 2.41 bits per heavy atom. The Kier molecular flexibility index (Phi) is 6.16. The van der Waals surface area contributed by atoms with E-state index in [1.165, 1.54) is 6.07 Å². The topological polar surface area (TPSA) is 23.5 Å². The zero-order valence-electron chi connectivity index (χ0n) is 10.7. The standard InChI is InChI=1S/C14H22FNO/c1-3-13(4-2)16(9-10-17)11-12-7-5-6-8-14(12)15/h5-8,13,17H,3-4,9-11H2,1-2H3. The fourth-order valence-corrected chi connectivity index (χ4v) is 2.17. The van der Waals surface area contributed by atoms with Crippen LogP contribution in [0.4, 0.5) is 4.39 Å². The summed E-state index contributed by atoms with van der Waals surface area (Å²) < 4.78 is 13.6. The number of nitrogens with zero attached hydrogens (tertiary/aromatic N) is 1. The molecule has 0 atom stereocenters. The molecule has 1 aromatic carbocycles. The molecule has 0 aliphatic rings. The molecule has 0 spiro atoms. The molecule has 96 valence electrons. The lowest BCUT2D eigenvalue weighted by Crippen LogP contribution is -2.36. The molecule has 17 heavy (non-hydrogen) atoms. The largest absolute Gasteiger partial charge is 0.395 e. The molecule has 3 heteroatoms. The molecule has 0 heterocycles. The van der Waals surface area contributed by atoms with Gasteiger partial charge in [0, 0.05) is 24.7 Å². The zero-order chi connectivity index (χ0) is 12.7. The predicted octanol–water partition coefficient (Wildman–Crippen LogP) is 2.81. The Balaban J connectivity index is 2.75. The van der Waals surface area contributed by atoms with Crippen LogP contribution in [0.1, 0.15) is 32.3 Å². The van der Waals surface area contributed by atoms with Gasteiger partial charge in [-0.05, 0) is 18.9 Å². The minimum absolute atomic E-state index is 0.116. The fourth-order valence-electron chi connectivity index (χ4n) is 2.17. The number of aliphatic hydroxyl groups excluding tert-OH is 1. The van der Waals surface area contributed by atoms with Crippen molar-refractivity contribution in [3.63, 3.8) is 0 Å². The summed E-state index contributed by atoms with van der Waals surface area (Å²) in [4.78, 5) is 2.15. The van der Waals surface area contributed by atoms with E-state index >= 15 is 0 Å². The summed E-state index contributed by atoms with van der Waals surface area (Å²) >= 11 is 0. The highest BCUT2D eigenvalue weighted by Gasteiger charge is 2.16. The van der Waals surface area contributed by atoms with Gasteiger partial charge in [0.25, 0.3) is 0 Å². The second-order valence-corrected chi connectivity index (χ2v) is 4.26. The van der Waals surface area contributed by atoms with E-state index < -0.39 is 0 Å². The molecule has 1 N–H and O–H groups in total. The number of rotatable bonds is 7. The van der Waals surface area contributed by atoms with Crippen molar-refractivity contribution >= 4 is 0 Å². The highest BCUT2D eigenvalue weighted by Crippen LogP contribution is 2.15. The van der Waals surface area contributed by atoms with Crippen LogP contribution in [0.2, 0.25) is 0 Å². The van der Waals surface area contributed by atoms with E-state index in [1.807, 2.05) is 12.1 Å². The first-order valence-electron chi connectivity index (χ1n) is 6.31. The van der Waals surface area contributed by atoms with Crippen molar-refractivity contribution in [3.8, 4) is 0 Å². The summed E-state index contributed by atoms with van der Waals surface area (Å²) in [6, 6.07) is 7.25. The lowest BCUT2D eigenvalue weighted by Gasteiger charge is -2.29. The van der Waals surface area contributed by atoms with E-state index in [-0.39, 0.29) is 12.4 Å². The number of hydrogen-bond donors (Lipinski definition) is 1. The van der Waals surface area contributed by atoms with Crippen molar-refractivity contribution in [1.82, 2.24) is 4.90 Å². The number of benzene rings is 1. The van der Waals surface area contributed by atoms with Gasteiger partial charge in [0.1, 0.15) is 5.82 Å². The minimum Gasteiger partial charge on any atom is -0.395 e. The third-order valence-corrected chi connectivity index (χ3v) is 3.18. The fraction of sp³-hybridized carbons (Fsp3) is 0.571. The van der Waals surface area contributed by atoms with E-state index in [0.29, 0.717) is 24.7 Å². The third-order valence-electron chi connectivity index (χ3n) is 3.18. The molecule has 0 fully saturated rings. The van der Waals surface area contributed by atoms with Crippen LogP contribution >= 0.6 is 0 Å². The van der Waals surface area contributed by atoms with Crippen LogP contribution in [0.25, 0.3) is 0 Å². The van der Waals surface area contributed by atoms with Gasteiger partial charge in [-0.15, -0.1) is 0 Å². The van der Waals surface area contributed by atoms with Gasteiger partial charge in [0.05, 0.1) is 6.61 Å². The van der Waals surface area contributed by atoms with E-state index in [9.17, 15) is 4.39 Å². The van der Waals surface area contributed by atoms with Gasteiger partial charge >= 0.3 is 0 Å². The highest BCUT2D eigenvalue weighted by atomic mass is 19.1. The molecule has 0 amide bonds. The monoisotopic (exact) mass is 239 g/mol. The maximum atomic E-state index is 13.6. The number of halogens is 1. The van der Waals surface area contributed by atoms with Crippen molar-refractivity contribution in [2.45, 2.75) is 39.3 Å². The lowest BCUT2D eigenvalue weighted by atomic mass is 10.1. The maximum Gasteiger partial charge on any atom is 0.127 e. The van der Waals surface area contributed by atoms with Gasteiger partial charge in [0.2, 0.25) is 0 Å². The van der Waals surface area contributed by atoms with Crippen LogP contribution in [-0.4, -0.2) is 29.2 Å². The van der Waals surface area contributed by atoms with E-state index in [2.05, 4.69) is 18.7 Å². The first kappa shape index (κ1) is 14.1. The number of hydrogen-bond acceptors (Lipinski definition) is 2. The average Bonchev–Trinajstić information content (AvgIpc) is 2.34. The van der Waals surface area contributed by atoms with Gasteiger partial charge < -0.3 is 5.11 Å². The van der Waals surface area contributed by atoms with Crippen molar-refractivity contribution < 1.29 is 9.50 Å². The third kappa shape index (κ3) is 4.10. The van der Waals surface area contributed by atoms with E-state index in [1.54, 1.807) is 6.07 Å². The number of aliphatic hydroxyl groups is 1. The van der Waals surface area contributed by atoms with Gasteiger partial charge in [-0.3, -0.25) is 4.90 Å². The summed E-state index contributed by atoms with van der Waals surface area (Å²) in [6.07, 6.45) is 2.04. The predicted molar refractivity (Wildman–Crippen MR) is 68.3 cm³/mol. The molecule has 0 saturated carbocycles. The molecule has 0 bridgehead atoms. The lowest BCUT2D eigenvalue weighted by molar-refractivity contribution is 0.135. The van der Waals surface area contributed by atoms with E-state index in [4.69, 9.17) is 5.11 Å². The van der Waals surface area contributed by atoms with Crippen LogP contribution in [0.15, 0.2) is 24.3 Å². The summed E-state index contributed by atoms with van der Waals surface area (Å²) in [5.41, 5.74) is 0.702. The van der Waals surface area contributed by atoms with Crippen LogP contribution < -0.4 is 0 Å². The van der Waals surface area contributed by atoms with Crippen molar-refractivity contribution in [1.29, 1.82) is 0 Å². The first-order valence-corrected chi connectivity index (χ1v) is 6.31. The summed E-state index contributed by atoms with van der Waals surface area (Å²) in [6.45, 7) is 5.53. The minimum atomic E-state index is -0.165. The van der Waals surface area contributed by atoms with Crippen LogP contribution in [0.5, 0.6) is 0 Å². The molecule has 0 aliphatic carbocycles. The van der Waals surface area contributed by atoms with E-state index in [0.717, 1.165) is 12.8 Å². The van der Waals surface area contributed by atoms with Crippen molar-refractivity contribution in [2.75, 3.05) is 13.2 Å². The first-order chi connectivity index (χ1) is 8.22. The van der Waals surface area contributed by atoms with Crippen LogP contribution in [0.3, 0.4) is 0 Å². The van der Waals surface area contributed by atoms with Gasteiger partial charge in [-0.1, -0.05) is 32.0 Å². The second-order valence-electron chi connectivity index (χ2n) is 4.26. The average molecular weight is 239 g/mol. The molecule has 0 radical (unpaired) electrons. The molecular formula is C14H22FNO. The van der Waals surface area contributed by atoms with Gasteiger partial charge in [-0.25, -0.2) is 4.39 Å². The molecule has 0 aliphatic heterocycles. The Morgan fingerprint density at radius 2 is 1.88 bits per heavy atom. The second kappa shape index (κ2) is 7.41. The molecule has 1 aromatic rings. The zero-order valence-corrected chi connectivity index (χ0v) is 10.7. The highest BCUT2D eigenvalue weighted by molar-refractivity contribution is 5.17. The molecule has 0 saturated heterocycles. The summed E-state index contributed by atoms with van der Waals surface area (Å²) in [7, 11) is 0. The Hall–Kier alpha value is -0.930. The quantitative estimate of drug-likeness (QED) is 0.791. The molecular weight excluding hydrogens is 217 g/mol. The molecule has 2 nitrogen and oxygen atoms in total. The Bertz CT molecular complexity index is 326. The smallest absolute Gasteiger partial charge is 0.127 e. The summed E-state index contributed by atoms with van der Waals surface area (Å²) in [5.74, 6) is -0.165. The normalized spacial score (nSPS) is 11.4. The molecule has 0 unspecified atom stereocenters. The van der Waals surface area contributed by atoms with Crippen LogP contribution in [-0.2, 0) is 6.54 Å². The van der Waals surface area contributed by atoms with Crippen LogP contribution in [0, 0.1) is 5.82 Å². The summed E-state index contributed by atoms with van der Waals surface area (Å²) in [5, 5.41) is 9.09. The molecule has 0 aromatic heterocycles. The maximum absolute atomic E-state index is 13.6. The van der Waals surface area contributed by atoms with Gasteiger partial charge in [-0.2, -0.15) is 0 Å². The SMILES string of the molecule is CCC(CC)N(CCO)Cc1ccccc1F. The van der Waals surface area contributed by atoms with Crippen molar-refractivity contribution in [3.05, 3.63) is 35.6 Å². The Labute approximate surface area is 103 Å². The Morgan fingerprint density at radius 1 is 1.24 bits per heavy atom. The van der Waals surface area contributed by atoms with Crippen molar-refractivity contribution in [2.24, 2.45) is 0 Å².